The van der Waals surface area contributed by atoms with Crippen LogP contribution in [0.25, 0.3) is 0 Å². The summed E-state index contributed by atoms with van der Waals surface area (Å²) in [5.74, 6) is 0.352. The van der Waals surface area contributed by atoms with Gasteiger partial charge >= 0.3 is 5.97 Å². The zero-order chi connectivity index (χ0) is 13.0. The highest BCUT2D eigenvalue weighted by Gasteiger charge is 2.14. The lowest BCUT2D eigenvalue weighted by Gasteiger charge is -2.02. The molecule has 0 bridgehead atoms. The molecule has 0 unspecified atom stereocenters. The lowest BCUT2D eigenvalue weighted by atomic mass is 10.3. The standard InChI is InChI=1S/C13H11FO3S/c1-16-13(15)11-6-7-17-12(11)8-18-10-4-2-9(14)3-5-10/h2-7H,8H2,1H3. The Bertz CT molecular complexity index is 533. The van der Waals surface area contributed by atoms with Crippen molar-refractivity contribution in [2.45, 2.75) is 10.6 Å². The first-order valence-electron chi connectivity index (χ1n) is 5.24. The van der Waals surface area contributed by atoms with Crippen LogP contribution in [0.2, 0.25) is 0 Å². The van der Waals surface area contributed by atoms with Crippen LogP contribution in [-0.2, 0) is 10.5 Å². The van der Waals surface area contributed by atoms with Crippen LogP contribution in [0.4, 0.5) is 4.39 Å². The molecule has 0 aliphatic rings. The molecular formula is C13H11FO3S. The van der Waals surface area contributed by atoms with Crippen LogP contribution in [0.5, 0.6) is 0 Å². The van der Waals surface area contributed by atoms with Gasteiger partial charge in [-0.05, 0) is 30.3 Å². The second-order valence-corrected chi connectivity index (χ2v) is 4.54. The SMILES string of the molecule is COC(=O)c1ccoc1CSc1ccc(F)cc1. The molecule has 0 saturated heterocycles. The van der Waals surface area contributed by atoms with E-state index in [4.69, 9.17) is 4.42 Å². The second-order valence-electron chi connectivity index (χ2n) is 3.49. The highest BCUT2D eigenvalue weighted by atomic mass is 32.2. The monoisotopic (exact) mass is 266 g/mol. The lowest BCUT2D eigenvalue weighted by molar-refractivity contribution is 0.0598. The molecule has 0 aliphatic heterocycles. The number of halogens is 1. The van der Waals surface area contributed by atoms with Crippen LogP contribution < -0.4 is 0 Å². The molecule has 18 heavy (non-hydrogen) atoms. The summed E-state index contributed by atoms with van der Waals surface area (Å²) >= 11 is 1.46. The van der Waals surface area contributed by atoms with Crippen molar-refractivity contribution in [1.29, 1.82) is 0 Å². The fourth-order valence-corrected chi connectivity index (χ4v) is 2.27. The van der Waals surface area contributed by atoms with Crippen molar-refractivity contribution in [3.63, 3.8) is 0 Å². The van der Waals surface area contributed by atoms with E-state index in [-0.39, 0.29) is 5.82 Å². The Morgan fingerprint density at radius 1 is 1.33 bits per heavy atom. The number of rotatable bonds is 4. The number of benzene rings is 1. The van der Waals surface area contributed by atoms with E-state index >= 15 is 0 Å². The number of carbonyl (C=O) groups is 1. The van der Waals surface area contributed by atoms with Crippen molar-refractivity contribution in [2.75, 3.05) is 7.11 Å². The molecule has 0 atom stereocenters. The Labute approximate surface area is 108 Å². The number of thioether (sulfide) groups is 1. The smallest absolute Gasteiger partial charge is 0.341 e. The molecule has 3 nitrogen and oxygen atoms in total. The third-order valence-electron chi connectivity index (χ3n) is 2.33. The highest BCUT2D eigenvalue weighted by Crippen LogP contribution is 2.25. The van der Waals surface area contributed by atoms with Crippen LogP contribution in [0.15, 0.2) is 45.9 Å². The van der Waals surface area contributed by atoms with E-state index in [1.54, 1.807) is 18.2 Å². The van der Waals surface area contributed by atoms with Gasteiger partial charge in [-0.15, -0.1) is 11.8 Å². The highest BCUT2D eigenvalue weighted by molar-refractivity contribution is 7.98. The maximum atomic E-state index is 12.7. The van der Waals surface area contributed by atoms with Crippen LogP contribution in [0, 0.1) is 5.82 Å². The number of hydrogen-bond donors (Lipinski definition) is 0. The van der Waals surface area contributed by atoms with E-state index in [0.717, 1.165) is 4.90 Å². The number of hydrogen-bond acceptors (Lipinski definition) is 4. The van der Waals surface area contributed by atoms with Crippen LogP contribution in [0.1, 0.15) is 16.1 Å². The molecule has 2 aromatic rings. The summed E-state index contributed by atoms with van der Waals surface area (Å²) in [6, 6.07) is 7.73. The molecule has 2 rings (SSSR count). The first-order valence-corrected chi connectivity index (χ1v) is 6.22. The van der Waals surface area contributed by atoms with Gasteiger partial charge in [0.15, 0.2) is 0 Å². The summed E-state index contributed by atoms with van der Waals surface area (Å²) < 4.78 is 22.6. The van der Waals surface area contributed by atoms with Gasteiger partial charge in [0.05, 0.1) is 19.1 Å². The molecule has 1 aromatic carbocycles. The van der Waals surface area contributed by atoms with Gasteiger partial charge in [-0.2, -0.15) is 0 Å². The van der Waals surface area contributed by atoms with Gasteiger partial charge < -0.3 is 9.15 Å². The van der Waals surface area contributed by atoms with Crippen molar-refractivity contribution in [3.05, 3.63) is 53.7 Å². The van der Waals surface area contributed by atoms with E-state index in [9.17, 15) is 9.18 Å². The minimum atomic E-state index is -0.418. The van der Waals surface area contributed by atoms with Crippen molar-refractivity contribution >= 4 is 17.7 Å². The number of ether oxygens (including phenoxy) is 1. The molecule has 0 N–H and O–H groups in total. The average Bonchev–Trinajstić information content (AvgIpc) is 2.85. The minimum Gasteiger partial charge on any atom is -0.468 e. The number of methoxy groups -OCH3 is 1. The quantitative estimate of drug-likeness (QED) is 0.627. The molecule has 0 aliphatic carbocycles. The Kier molecular flexibility index (Phi) is 4.04. The summed E-state index contributed by atoms with van der Waals surface area (Å²) in [7, 11) is 1.33. The van der Waals surface area contributed by atoms with Crippen LogP contribution in [0.3, 0.4) is 0 Å². The molecule has 5 heteroatoms. The van der Waals surface area contributed by atoms with Crippen molar-refractivity contribution in [2.24, 2.45) is 0 Å². The summed E-state index contributed by atoms with van der Waals surface area (Å²) in [6.45, 7) is 0. The zero-order valence-electron chi connectivity index (χ0n) is 9.68. The zero-order valence-corrected chi connectivity index (χ0v) is 10.5. The maximum Gasteiger partial charge on any atom is 0.341 e. The number of carbonyl (C=O) groups excluding carboxylic acids is 1. The van der Waals surface area contributed by atoms with Gasteiger partial charge in [0.2, 0.25) is 0 Å². The third kappa shape index (κ3) is 2.92. The Balaban J connectivity index is 2.04. The largest absolute Gasteiger partial charge is 0.468 e. The molecule has 0 saturated carbocycles. The molecule has 0 fully saturated rings. The molecular weight excluding hydrogens is 255 g/mol. The molecule has 0 spiro atoms. The fraction of sp³-hybridized carbons (Fsp3) is 0.154. The summed E-state index contributed by atoms with van der Waals surface area (Å²) in [5.41, 5.74) is 0.423. The van der Waals surface area contributed by atoms with E-state index < -0.39 is 5.97 Å². The van der Waals surface area contributed by atoms with E-state index in [2.05, 4.69) is 4.74 Å². The molecule has 94 valence electrons. The van der Waals surface area contributed by atoms with Crippen molar-refractivity contribution in [3.8, 4) is 0 Å². The molecule has 0 amide bonds. The summed E-state index contributed by atoms with van der Waals surface area (Å²) in [5, 5.41) is 0. The molecule has 1 aromatic heterocycles. The van der Waals surface area contributed by atoms with Crippen molar-refractivity contribution < 1.29 is 18.3 Å². The van der Waals surface area contributed by atoms with Crippen molar-refractivity contribution in [1.82, 2.24) is 0 Å². The minimum absolute atomic E-state index is 0.271. The first-order chi connectivity index (χ1) is 8.70. The van der Waals surface area contributed by atoms with Gasteiger partial charge in [0, 0.05) is 4.90 Å². The molecule has 1 heterocycles. The van der Waals surface area contributed by atoms with E-state index in [0.29, 0.717) is 17.1 Å². The van der Waals surface area contributed by atoms with Gasteiger partial charge in [0.1, 0.15) is 17.1 Å². The topological polar surface area (TPSA) is 39.4 Å². The van der Waals surface area contributed by atoms with Gasteiger partial charge in [-0.25, -0.2) is 9.18 Å². The predicted octanol–water partition coefficient (Wildman–Crippen LogP) is 3.50. The van der Waals surface area contributed by atoms with Gasteiger partial charge in [-0.3, -0.25) is 0 Å². The predicted molar refractivity (Wildman–Crippen MR) is 66.0 cm³/mol. The Morgan fingerprint density at radius 3 is 2.72 bits per heavy atom. The summed E-state index contributed by atoms with van der Waals surface area (Å²) in [6.07, 6.45) is 1.45. The normalized spacial score (nSPS) is 10.3. The van der Waals surface area contributed by atoms with E-state index in [1.165, 1.54) is 37.3 Å². The fourth-order valence-electron chi connectivity index (χ4n) is 1.42. The Hall–Kier alpha value is -1.75. The van der Waals surface area contributed by atoms with Gasteiger partial charge in [0.25, 0.3) is 0 Å². The van der Waals surface area contributed by atoms with E-state index in [1.807, 2.05) is 0 Å². The van der Waals surface area contributed by atoms with Gasteiger partial charge in [-0.1, -0.05) is 0 Å². The lowest BCUT2D eigenvalue weighted by Crippen LogP contribution is -2.02. The van der Waals surface area contributed by atoms with Crippen LogP contribution in [-0.4, -0.2) is 13.1 Å². The number of esters is 1. The second kappa shape index (κ2) is 5.73. The van der Waals surface area contributed by atoms with Crippen LogP contribution >= 0.6 is 11.8 Å². The summed E-state index contributed by atoms with van der Waals surface area (Å²) in [4.78, 5) is 12.3. The third-order valence-corrected chi connectivity index (χ3v) is 3.35. The number of furan rings is 1. The molecule has 0 radical (unpaired) electrons. The first kappa shape index (κ1) is 12.7. The Morgan fingerprint density at radius 2 is 2.06 bits per heavy atom. The average molecular weight is 266 g/mol. The maximum absolute atomic E-state index is 12.7.